The normalized spacial score (nSPS) is 15.7. The van der Waals surface area contributed by atoms with Gasteiger partial charge in [0.15, 0.2) is 0 Å². The summed E-state index contributed by atoms with van der Waals surface area (Å²) in [7, 11) is -3.37. The average Bonchev–Trinajstić information content (AvgIpc) is 2.75. The number of carbonyl (C=O) groups excluding carboxylic acids is 1. The molecule has 2 aromatic carbocycles. The van der Waals surface area contributed by atoms with Crippen molar-refractivity contribution >= 4 is 39.3 Å². The fraction of sp³-hybridized carbons (Fsp3) is 0.435. The van der Waals surface area contributed by atoms with Crippen LogP contribution in [0.2, 0.25) is 5.02 Å². The Labute approximate surface area is 194 Å². The maximum Gasteiger partial charge on any atom is 0.223 e. The van der Waals surface area contributed by atoms with Crippen LogP contribution in [0.15, 0.2) is 48.5 Å². The van der Waals surface area contributed by atoms with Crippen molar-refractivity contribution in [1.29, 1.82) is 0 Å². The van der Waals surface area contributed by atoms with Gasteiger partial charge in [0.05, 0.1) is 5.75 Å². The molecule has 1 aliphatic rings. The molecule has 0 radical (unpaired) electrons. The summed E-state index contributed by atoms with van der Waals surface area (Å²) in [6, 6.07) is 15.3. The van der Waals surface area contributed by atoms with Crippen molar-refractivity contribution < 1.29 is 13.2 Å². The van der Waals surface area contributed by atoms with Gasteiger partial charge in [0.25, 0.3) is 0 Å². The van der Waals surface area contributed by atoms with Crippen LogP contribution in [0.25, 0.3) is 0 Å². The summed E-state index contributed by atoms with van der Waals surface area (Å²) >= 11 is 7.74. The van der Waals surface area contributed by atoms with Crippen LogP contribution >= 0.6 is 23.4 Å². The van der Waals surface area contributed by atoms with E-state index < -0.39 is 10.0 Å². The predicted octanol–water partition coefficient (Wildman–Crippen LogP) is 4.24. The number of sulfonamides is 1. The van der Waals surface area contributed by atoms with Crippen LogP contribution < -0.4 is 5.32 Å². The minimum absolute atomic E-state index is 0.0143. The Balaban J connectivity index is 1.37. The second-order valence-electron chi connectivity index (χ2n) is 7.83. The maximum absolute atomic E-state index is 12.8. The molecule has 0 aliphatic carbocycles. The van der Waals surface area contributed by atoms with Crippen molar-refractivity contribution in [2.24, 2.45) is 5.92 Å². The topological polar surface area (TPSA) is 66.5 Å². The molecule has 0 saturated carbocycles. The lowest BCUT2D eigenvalue weighted by molar-refractivity contribution is -0.125. The molecule has 2 aromatic rings. The van der Waals surface area contributed by atoms with E-state index in [0.29, 0.717) is 32.5 Å². The van der Waals surface area contributed by atoms with Crippen molar-refractivity contribution in [2.75, 3.05) is 25.4 Å². The SMILES string of the molecule is Cc1ccccc1CS(=O)(=O)N1CCC(C(=O)NCCSCc2cccc(Cl)c2)CC1. The van der Waals surface area contributed by atoms with Crippen LogP contribution in [-0.4, -0.2) is 44.0 Å². The van der Waals surface area contributed by atoms with Gasteiger partial charge in [-0.1, -0.05) is 48.0 Å². The summed E-state index contributed by atoms with van der Waals surface area (Å²) in [6.07, 6.45) is 1.13. The Bertz CT molecular complexity index is 990. The zero-order chi connectivity index (χ0) is 22.3. The van der Waals surface area contributed by atoms with Gasteiger partial charge in [0.2, 0.25) is 15.9 Å². The fourth-order valence-corrected chi connectivity index (χ4v) is 6.35. The largest absolute Gasteiger partial charge is 0.355 e. The number of hydrogen-bond donors (Lipinski definition) is 1. The second kappa shape index (κ2) is 11.4. The minimum atomic E-state index is -3.37. The molecule has 5 nitrogen and oxygen atoms in total. The number of halogens is 1. The van der Waals surface area contributed by atoms with Gasteiger partial charge in [0, 0.05) is 42.1 Å². The Morgan fingerprint density at radius 3 is 2.61 bits per heavy atom. The van der Waals surface area contributed by atoms with Crippen LogP contribution in [0.5, 0.6) is 0 Å². The second-order valence-corrected chi connectivity index (χ2v) is 11.3. The highest BCUT2D eigenvalue weighted by Gasteiger charge is 2.31. The number of piperidine rings is 1. The van der Waals surface area contributed by atoms with E-state index in [4.69, 9.17) is 11.6 Å². The molecule has 168 valence electrons. The Morgan fingerprint density at radius 1 is 1.16 bits per heavy atom. The standard InChI is InChI=1S/C23H29ClN2O3S2/c1-18-5-2-3-7-21(18)17-31(28,29)26-12-9-20(10-13-26)23(27)25-11-14-30-16-19-6-4-8-22(24)15-19/h2-8,15,20H,9-14,16-17H2,1H3,(H,25,27). The molecule has 0 unspecified atom stereocenters. The smallest absolute Gasteiger partial charge is 0.223 e. The summed E-state index contributed by atoms with van der Waals surface area (Å²) < 4.78 is 27.1. The number of nitrogens with one attached hydrogen (secondary N) is 1. The molecule has 3 rings (SSSR count). The average molecular weight is 481 g/mol. The quantitative estimate of drug-likeness (QED) is 0.545. The van der Waals surface area contributed by atoms with E-state index >= 15 is 0 Å². The van der Waals surface area contributed by atoms with Crippen molar-refractivity contribution in [3.05, 3.63) is 70.2 Å². The lowest BCUT2D eigenvalue weighted by atomic mass is 9.97. The van der Waals surface area contributed by atoms with E-state index in [1.165, 1.54) is 9.87 Å². The first kappa shape index (κ1) is 24.1. The van der Waals surface area contributed by atoms with E-state index in [1.807, 2.05) is 55.5 Å². The molecule has 0 spiro atoms. The summed E-state index contributed by atoms with van der Waals surface area (Å²) in [5.41, 5.74) is 2.98. The number of aryl methyl sites for hydroxylation is 1. The third kappa shape index (κ3) is 7.24. The van der Waals surface area contributed by atoms with Crippen molar-refractivity contribution in [3.63, 3.8) is 0 Å². The van der Waals surface area contributed by atoms with E-state index in [1.54, 1.807) is 11.8 Å². The van der Waals surface area contributed by atoms with Crippen LogP contribution in [0, 0.1) is 12.8 Å². The van der Waals surface area contributed by atoms with Gasteiger partial charge in [-0.25, -0.2) is 12.7 Å². The van der Waals surface area contributed by atoms with Crippen molar-refractivity contribution in [2.45, 2.75) is 31.3 Å². The van der Waals surface area contributed by atoms with Crippen molar-refractivity contribution in [1.82, 2.24) is 9.62 Å². The van der Waals surface area contributed by atoms with Crippen molar-refractivity contribution in [3.8, 4) is 0 Å². The lowest BCUT2D eigenvalue weighted by Gasteiger charge is -2.30. The summed E-state index contributed by atoms with van der Waals surface area (Å²) in [5, 5.41) is 3.73. The molecule has 1 N–H and O–H groups in total. The van der Waals surface area contributed by atoms with Gasteiger partial charge in [0.1, 0.15) is 0 Å². The van der Waals surface area contributed by atoms with Crippen LogP contribution in [-0.2, 0) is 26.3 Å². The van der Waals surface area contributed by atoms with Gasteiger partial charge >= 0.3 is 0 Å². The highest BCUT2D eigenvalue weighted by atomic mass is 35.5. The Hall–Kier alpha value is -1.54. The molecule has 8 heteroatoms. The first-order valence-electron chi connectivity index (χ1n) is 10.5. The number of benzene rings is 2. The number of thioether (sulfide) groups is 1. The summed E-state index contributed by atoms with van der Waals surface area (Å²) in [6.45, 7) is 3.33. The first-order chi connectivity index (χ1) is 14.8. The molecular weight excluding hydrogens is 452 g/mol. The van der Waals surface area contributed by atoms with E-state index in [9.17, 15) is 13.2 Å². The molecule has 0 atom stereocenters. The molecular formula is C23H29ClN2O3S2. The molecule has 0 aromatic heterocycles. The zero-order valence-corrected chi connectivity index (χ0v) is 20.1. The molecule has 1 aliphatic heterocycles. The van der Waals surface area contributed by atoms with Gasteiger partial charge < -0.3 is 5.32 Å². The van der Waals surface area contributed by atoms with Crippen LogP contribution in [0.1, 0.15) is 29.5 Å². The molecule has 1 fully saturated rings. The van der Waals surface area contributed by atoms with E-state index in [0.717, 1.165) is 27.7 Å². The van der Waals surface area contributed by atoms with E-state index in [2.05, 4.69) is 5.32 Å². The number of hydrogen-bond acceptors (Lipinski definition) is 4. The molecule has 1 saturated heterocycles. The third-order valence-corrected chi connectivity index (χ3v) is 8.61. The van der Waals surface area contributed by atoms with Crippen LogP contribution in [0.3, 0.4) is 0 Å². The monoisotopic (exact) mass is 480 g/mol. The van der Waals surface area contributed by atoms with Gasteiger partial charge in [-0.05, 0) is 48.6 Å². The fourth-order valence-electron chi connectivity index (χ4n) is 3.66. The third-order valence-electron chi connectivity index (χ3n) is 5.52. The molecule has 0 bridgehead atoms. The number of amides is 1. The lowest BCUT2D eigenvalue weighted by Crippen LogP contribution is -2.43. The van der Waals surface area contributed by atoms with Gasteiger partial charge in [-0.3, -0.25) is 4.79 Å². The summed E-state index contributed by atoms with van der Waals surface area (Å²) in [4.78, 5) is 12.5. The Kier molecular flexibility index (Phi) is 8.84. The Morgan fingerprint density at radius 2 is 1.90 bits per heavy atom. The molecule has 1 heterocycles. The van der Waals surface area contributed by atoms with Gasteiger partial charge in [-0.2, -0.15) is 11.8 Å². The minimum Gasteiger partial charge on any atom is -0.355 e. The highest BCUT2D eigenvalue weighted by molar-refractivity contribution is 7.98. The maximum atomic E-state index is 12.8. The van der Waals surface area contributed by atoms with Crippen LogP contribution in [0.4, 0.5) is 0 Å². The number of nitrogens with zero attached hydrogens (tertiary/aromatic N) is 1. The number of carbonyl (C=O) groups is 1. The van der Waals surface area contributed by atoms with Gasteiger partial charge in [-0.15, -0.1) is 0 Å². The zero-order valence-electron chi connectivity index (χ0n) is 17.7. The highest BCUT2D eigenvalue weighted by Crippen LogP contribution is 2.23. The molecule has 31 heavy (non-hydrogen) atoms. The molecule has 1 amide bonds. The first-order valence-corrected chi connectivity index (χ1v) is 13.6. The number of rotatable bonds is 9. The predicted molar refractivity (Wildman–Crippen MR) is 129 cm³/mol. The van der Waals surface area contributed by atoms with E-state index in [-0.39, 0.29) is 17.6 Å². The summed E-state index contributed by atoms with van der Waals surface area (Å²) in [5.74, 6) is 1.60.